The Morgan fingerprint density at radius 3 is 2.60 bits per heavy atom. The van der Waals surface area contributed by atoms with Gasteiger partial charge in [0, 0.05) is 48.0 Å². The summed E-state index contributed by atoms with van der Waals surface area (Å²) < 4.78 is 3.86. The van der Waals surface area contributed by atoms with Crippen LogP contribution in [-0.4, -0.2) is 30.2 Å². The van der Waals surface area contributed by atoms with Gasteiger partial charge in [-0.05, 0) is 31.2 Å². The van der Waals surface area contributed by atoms with Crippen molar-refractivity contribution >= 4 is 22.6 Å². The van der Waals surface area contributed by atoms with Crippen LogP contribution >= 0.6 is 0 Å². The molecule has 3 heterocycles. The van der Waals surface area contributed by atoms with E-state index in [2.05, 4.69) is 42.9 Å². The van der Waals surface area contributed by atoms with Gasteiger partial charge in [-0.1, -0.05) is 42.2 Å². The van der Waals surface area contributed by atoms with Crippen LogP contribution in [0.1, 0.15) is 40.3 Å². The number of para-hydroxylation sites is 2. The summed E-state index contributed by atoms with van der Waals surface area (Å²) in [6, 6.07) is 17.8. The van der Waals surface area contributed by atoms with Crippen LogP contribution in [0.25, 0.3) is 16.6 Å². The first-order valence-corrected chi connectivity index (χ1v) is 11.1. The molecule has 8 heteroatoms. The standard InChI is InChI=1S/C27H23N7O/c1-18(32-27(35)24-26(28)30-14-13-29-24)23-15-21-8-6-7-20(12-11-19-16-31-33(2)17-19)25(21)34(23)22-9-4-3-5-10-22/h3-10,13-18H,1-2H3,(H2,28,30)(H,32,35)/t18-/m0/s1. The summed E-state index contributed by atoms with van der Waals surface area (Å²) in [5, 5.41) is 8.22. The van der Waals surface area contributed by atoms with Crippen molar-refractivity contribution < 1.29 is 4.79 Å². The molecular formula is C27H23N7O. The van der Waals surface area contributed by atoms with Gasteiger partial charge >= 0.3 is 0 Å². The van der Waals surface area contributed by atoms with Gasteiger partial charge in [0.15, 0.2) is 11.5 Å². The largest absolute Gasteiger partial charge is 0.382 e. The van der Waals surface area contributed by atoms with Crippen LogP contribution in [-0.2, 0) is 7.05 Å². The fraction of sp³-hybridized carbons (Fsp3) is 0.111. The molecule has 0 saturated carbocycles. The second-order valence-electron chi connectivity index (χ2n) is 8.12. The van der Waals surface area contributed by atoms with E-state index in [0.29, 0.717) is 0 Å². The molecule has 0 aliphatic carbocycles. The Morgan fingerprint density at radius 2 is 1.86 bits per heavy atom. The average molecular weight is 462 g/mol. The van der Waals surface area contributed by atoms with Crippen LogP contribution in [0.5, 0.6) is 0 Å². The highest BCUT2D eigenvalue weighted by molar-refractivity contribution is 5.96. The number of nitrogens with one attached hydrogen (secondary N) is 1. The molecule has 0 radical (unpaired) electrons. The molecule has 35 heavy (non-hydrogen) atoms. The summed E-state index contributed by atoms with van der Waals surface area (Å²) in [6.45, 7) is 1.93. The van der Waals surface area contributed by atoms with Crippen LogP contribution in [0.4, 0.5) is 5.82 Å². The number of aromatic nitrogens is 5. The van der Waals surface area contributed by atoms with Gasteiger partial charge in [-0.2, -0.15) is 5.10 Å². The molecule has 3 N–H and O–H groups in total. The fourth-order valence-corrected chi connectivity index (χ4v) is 4.04. The van der Waals surface area contributed by atoms with E-state index in [0.717, 1.165) is 33.4 Å². The number of fused-ring (bicyclic) bond motifs is 1. The van der Waals surface area contributed by atoms with Gasteiger partial charge < -0.3 is 15.6 Å². The number of benzene rings is 2. The van der Waals surface area contributed by atoms with Gasteiger partial charge in [-0.15, -0.1) is 0 Å². The molecule has 0 unspecified atom stereocenters. The third-order valence-electron chi connectivity index (χ3n) is 5.65. The summed E-state index contributed by atoms with van der Waals surface area (Å²) in [6.07, 6.45) is 6.52. The summed E-state index contributed by atoms with van der Waals surface area (Å²) in [5.41, 5.74) is 10.5. The zero-order chi connectivity index (χ0) is 24.4. The van der Waals surface area contributed by atoms with Gasteiger partial charge in [-0.3, -0.25) is 9.48 Å². The molecule has 0 bridgehead atoms. The van der Waals surface area contributed by atoms with E-state index in [-0.39, 0.29) is 23.5 Å². The van der Waals surface area contributed by atoms with Crippen molar-refractivity contribution in [2.24, 2.45) is 7.05 Å². The van der Waals surface area contributed by atoms with E-state index in [1.807, 2.05) is 68.7 Å². The zero-order valence-corrected chi connectivity index (χ0v) is 19.3. The molecule has 172 valence electrons. The lowest BCUT2D eigenvalue weighted by Gasteiger charge is -2.18. The molecule has 0 saturated heterocycles. The lowest BCUT2D eigenvalue weighted by Crippen LogP contribution is -2.29. The highest BCUT2D eigenvalue weighted by Crippen LogP contribution is 2.30. The highest BCUT2D eigenvalue weighted by Gasteiger charge is 2.21. The minimum Gasteiger partial charge on any atom is -0.382 e. The molecule has 0 spiro atoms. The predicted molar refractivity (Wildman–Crippen MR) is 135 cm³/mol. The molecule has 0 aliphatic heterocycles. The number of carbonyl (C=O) groups excluding carboxylic acids is 1. The molecule has 1 atom stereocenters. The SMILES string of the molecule is C[C@H](NC(=O)c1nccnc1N)c1cc2cccc(C#Cc3cnn(C)c3)c2n1-c1ccccc1. The zero-order valence-electron chi connectivity index (χ0n) is 19.3. The Kier molecular flexibility index (Phi) is 5.73. The maximum Gasteiger partial charge on any atom is 0.274 e. The smallest absolute Gasteiger partial charge is 0.274 e. The molecule has 1 amide bonds. The molecular weight excluding hydrogens is 438 g/mol. The van der Waals surface area contributed by atoms with E-state index in [4.69, 9.17) is 5.73 Å². The topological polar surface area (TPSA) is 104 Å². The van der Waals surface area contributed by atoms with Gasteiger partial charge in [0.1, 0.15) is 0 Å². The number of nitrogen functional groups attached to an aromatic ring is 1. The number of anilines is 1. The second-order valence-corrected chi connectivity index (χ2v) is 8.12. The lowest BCUT2D eigenvalue weighted by atomic mass is 10.1. The Bertz CT molecular complexity index is 1590. The first-order valence-electron chi connectivity index (χ1n) is 11.1. The fourth-order valence-electron chi connectivity index (χ4n) is 4.04. The maximum atomic E-state index is 12.9. The van der Waals surface area contributed by atoms with Crippen LogP contribution in [0.2, 0.25) is 0 Å². The third-order valence-corrected chi connectivity index (χ3v) is 5.65. The Hall–Kier alpha value is -4.90. The van der Waals surface area contributed by atoms with Crippen LogP contribution in [0, 0.1) is 11.8 Å². The maximum absolute atomic E-state index is 12.9. The summed E-state index contributed by atoms with van der Waals surface area (Å²) >= 11 is 0. The first-order chi connectivity index (χ1) is 17.0. The number of carbonyl (C=O) groups is 1. The van der Waals surface area contributed by atoms with Crippen LogP contribution in [0.3, 0.4) is 0 Å². The van der Waals surface area contributed by atoms with Crippen LogP contribution < -0.4 is 11.1 Å². The van der Waals surface area contributed by atoms with E-state index in [1.54, 1.807) is 10.9 Å². The Balaban J connectivity index is 1.62. The van der Waals surface area contributed by atoms with Crippen molar-refractivity contribution in [3.8, 4) is 17.5 Å². The Morgan fingerprint density at radius 1 is 1.06 bits per heavy atom. The van der Waals surface area contributed by atoms with E-state index in [1.165, 1.54) is 12.4 Å². The number of hydrogen-bond acceptors (Lipinski definition) is 5. The highest BCUT2D eigenvalue weighted by atomic mass is 16.2. The molecule has 5 rings (SSSR count). The summed E-state index contributed by atoms with van der Waals surface area (Å²) in [7, 11) is 1.86. The van der Waals surface area contributed by atoms with Crippen molar-refractivity contribution in [3.63, 3.8) is 0 Å². The third kappa shape index (κ3) is 4.35. The molecule has 3 aromatic heterocycles. The summed E-state index contributed by atoms with van der Waals surface area (Å²) in [5.74, 6) is 6.22. The number of amides is 1. The van der Waals surface area contributed by atoms with Gasteiger partial charge in [0.25, 0.3) is 5.91 Å². The van der Waals surface area contributed by atoms with E-state index < -0.39 is 0 Å². The lowest BCUT2D eigenvalue weighted by molar-refractivity contribution is 0.0934. The van der Waals surface area contributed by atoms with Crippen molar-refractivity contribution in [2.45, 2.75) is 13.0 Å². The minimum atomic E-state index is -0.385. The number of nitrogens with two attached hydrogens (primary N) is 1. The molecule has 5 aromatic rings. The van der Waals surface area contributed by atoms with Crippen molar-refractivity contribution in [3.05, 3.63) is 102 Å². The monoisotopic (exact) mass is 461 g/mol. The summed E-state index contributed by atoms with van der Waals surface area (Å²) in [4.78, 5) is 21.0. The molecule has 2 aromatic carbocycles. The number of nitrogens with zero attached hydrogens (tertiary/aromatic N) is 5. The van der Waals surface area contributed by atoms with Crippen molar-refractivity contribution in [1.82, 2.24) is 29.6 Å². The van der Waals surface area contributed by atoms with Crippen molar-refractivity contribution in [1.29, 1.82) is 0 Å². The molecule has 0 aliphatic rings. The number of hydrogen-bond donors (Lipinski definition) is 2. The molecule has 8 nitrogen and oxygen atoms in total. The quantitative estimate of drug-likeness (QED) is 0.398. The van der Waals surface area contributed by atoms with E-state index in [9.17, 15) is 4.79 Å². The number of rotatable bonds is 4. The normalized spacial score (nSPS) is 11.6. The van der Waals surface area contributed by atoms with E-state index >= 15 is 0 Å². The first kappa shape index (κ1) is 21.9. The van der Waals surface area contributed by atoms with Gasteiger partial charge in [0.05, 0.1) is 23.3 Å². The Labute approximate surface area is 202 Å². The van der Waals surface area contributed by atoms with Gasteiger partial charge in [0.2, 0.25) is 0 Å². The second kappa shape index (κ2) is 9.15. The molecule has 0 fully saturated rings. The average Bonchev–Trinajstić information content (AvgIpc) is 3.47. The van der Waals surface area contributed by atoms with Gasteiger partial charge in [-0.25, -0.2) is 9.97 Å². The minimum absolute atomic E-state index is 0.0914. The predicted octanol–water partition coefficient (Wildman–Crippen LogP) is 3.63. The van der Waals surface area contributed by atoms with Crippen molar-refractivity contribution in [2.75, 3.05) is 5.73 Å². The van der Waals surface area contributed by atoms with Crippen LogP contribution in [0.15, 0.2) is 79.4 Å². The number of aryl methyl sites for hydroxylation is 1.